The van der Waals surface area contributed by atoms with E-state index >= 15 is 0 Å². The van der Waals surface area contributed by atoms with Crippen LogP contribution in [0.15, 0.2) is 115 Å². The first-order valence-electron chi connectivity index (χ1n) is 11.4. The molecule has 3 heteroatoms. The summed E-state index contributed by atoms with van der Waals surface area (Å²) in [4.78, 5) is 0. The first kappa shape index (κ1) is 20.2. The molecular weight excluding hydrogens is 471 g/mol. The van der Waals surface area contributed by atoms with Gasteiger partial charge >= 0.3 is 198 Å². The van der Waals surface area contributed by atoms with Crippen molar-refractivity contribution in [1.82, 2.24) is 0 Å². The molecule has 0 aromatic heterocycles. The molecule has 4 aromatic carbocycles. The zero-order chi connectivity index (χ0) is 21.4. The van der Waals surface area contributed by atoms with Crippen LogP contribution in [0.4, 0.5) is 0 Å². The molecule has 0 radical (unpaired) electrons. The number of hydrogen-bond acceptors (Lipinski definition) is 1. The van der Waals surface area contributed by atoms with Crippen molar-refractivity contribution >= 4 is 38.1 Å². The van der Waals surface area contributed by atoms with Gasteiger partial charge in [0.15, 0.2) is 0 Å². The standard InChI is InChI=1S/C29H26OSeSi/c1-4-13-23(14-5-1)31-21-28-29-26-19-11-10-12-22(26)20-27(29)30-32(28,24-15-6-2-7-16-24)25-17-8-3-9-18-25/h1-19,27-29H,20-21H2/t27-,28?,29+/m1/s1. The molecule has 0 amide bonds. The molecule has 3 atom stereocenters. The van der Waals surface area contributed by atoms with Crippen molar-refractivity contribution < 1.29 is 4.43 Å². The number of rotatable bonds is 5. The fourth-order valence-corrected chi connectivity index (χ4v) is 14.5. The molecule has 1 saturated heterocycles. The van der Waals surface area contributed by atoms with Crippen LogP contribution in [0.3, 0.4) is 0 Å². The topological polar surface area (TPSA) is 9.23 Å². The summed E-state index contributed by atoms with van der Waals surface area (Å²) < 4.78 is 8.86. The normalized spacial score (nSPS) is 22.9. The van der Waals surface area contributed by atoms with Crippen LogP contribution in [0, 0.1) is 0 Å². The fourth-order valence-electron chi connectivity index (χ4n) is 5.79. The van der Waals surface area contributed by atoms with Crippen LogP contribution in [-0.2, 0) is 10.8 Å². The second kappa shape index (κ2) is 8.50. The van der Waals surface area contributed by atoms with Crippen LogP contribution >= 0.6 is 0 Å². The summed E-state index contributed by atoms with van der Waals surface area (Å²) >= 11 is 0.420. The van der Waals surface area contributed by atoms with Crippen molar-refractivity contribution in [2.24, 2.45) is 0 Å². The molecule has 1 heterocycles. The average molecular weight is 498 g/mol. The van der Waals surface area contributed by atoms with Crippen LogP contribution in [0.1, 0.15) is 17.0 Å². The van der Waals surface area contributed by atoms with Gasteiger partial charge in [0.2, 0.25) is 0 Å². The molecule has 1 aliphatic carbocycles. The van der Waals surface area contributed by atoms with Crippen molar-refractivity contribution in [3.05, 3.63) is 126 Å². The molecule has 1 fully saturated rings. The zero-order valence-corrected chi connectivity index (χ0v) is 20.6. The van der Waals surface area contributed by atoms with E-state index in [1.165, 1.54) is 31.3 Å². The summed E-state index contributed by atoms with van der Waals surface area (Å²) in [6.45, 7) is 0. The van der Waals surface area contributed by atoms with Gasteiger partial charge in [0.05, 0.1) is 0 Å². The number of hydrogen-bond donors (Lipinski definition) is 0. The first-order valence-corrected chi connectivity index (χ1v) is 15.5. The molecule has 0 N–H and O–H groups in total. The maximum absolute atomic E-state index is 7.38. The SMILES string of the molecule is c1ccc([Se]CC2[C@H]3c4ccccc4C[C@H]3O[Si]2(c2ccccc2)c2ccccc2)cc1. The molecule has 6 rings (SSSR count). The van der Waals surface area contributed by atoms with E-state index in [1.807, 2.05) is 0 Å². The van der Waals surface area contributed by atoms with Crippen molar-refractivity contribution in [1.29, 1.82) is 0 Å². The molecule has 1 aliphatic heterocycles. The Hall–Kier alpha value is -2.42. The molecule has 0 bridgehead atoms. The summed E-state index contributed by atoms with van der Waals surface area (Å²) in [7, 11) is -2.42. The Morgan fingerprint density at radius 2 is 1.25 bits per heavy atom. The van der Waals surface area contributed by atoms with E-state index in [1.54, 1.807) is 0 Å². The predicted molar refractivity (Wildman–Crippen MR) is 136 cm³/mol. The third-order valence-corrected chi connectivity index (χ3v) is 14.8. The van der Waals surface area contributed by atoms with Gasteiger partial charge in [-0.3, -0.25) is 0 Å². The van der Waals surface area contributed by atoms with Crippen molar-refractivity contribution in [2.75, 3.05) is 0 Å². The first-order chi connectivity index (χ1) is 15.9. The van der Waals surface area contributed by atoms with Gasteiger partial charge in [0, 0.05) is 0 Å². The molecule has 2 aliphatic rings. The Labute approximate surface area is 197 Å². The van der Waals surface area contributed by atoms with E-state index in [0.29, 0.717) is 26.4 Å². The summed E-state index contributed by atoms with van der Waals surface area (Å²) in [5, 5.41) is 4.06. The molecule has 0 saturated carbocycles. The van der Waals surface area contributed by atoms with Gasteiger partial charge in [-0.2, -0.15) is 0 Å². The van der Waals surface area contributed by atoms with Gasteiger partial charge in [-0.1, -0.05) is 0 Å². The van der Waals surface area contributed by atoms with Crippen LogP contribution in [0.25, 0.3) is 0 Å². The summed E-state index contributed by atoms with van der Waals surface area (Å²) in [5.74, 6) is 0.490. The zero-order valence-electron chi connectivity index (χ0n) is 17.9. The average Bonchev–Trinajstić information content (AvgIpc) is 3.38. The molecule has 1 unspecified atom stereocenters. The molecule has 0 spiro atoms. The van der Waals surface area contributed by atoms with Gasteiger partial charge in [0.1, 0.15) is 0 Å². The number of benzene rings is 4. The molecule has 1 nitrogen and oxygen atoms in total. The summed E-state index contributed by atoms with van der Waals surface area (Å²) in [6.07, 6.45) is 1.33. The minimum absolute atomic E-state index is 0.288. The second-order valence-corrected chi connectivity index (χ2v) is 14.7. The van der Waals surface area contributed by atoms with Gasteiger partial charge < -0.3 is 0 Å². The monoisotopic (exact) mass is 498 g/mol. The summed E-state index contributed by atoms with van der Waals surface area (Å²) in [6, 6.07) is 42.5. The third-order valence-electron chi connectivity index (χ3n) is 7.11. The molecule has 4 aromatic rings. The van der Waals surface area contributed by atoms with Gasteiger partial charge in [-0.05, 0) is 0 Å². The second-order valence-electron chi connectivity index (χ2n) is 8.78. The molecule has 158 valence electrons. The fraction of sp³-hybridized carbons (Fsp3) is 0.172. The molecular formula is C29H26OSeSi. The van der Waals surface area contributed by atoms with Crippen LogP contribution in [0.5, 0.6) is 0 Å². The Morgan fingerprint density at radius 3 is 1.91 bits per heavy atom. The Balaban J connectivity index is 1.51. The van der Waals surface area contributed by atoms with Crippen molar-refractivity contribution in [2.45, 2.75) is 29.3 Å². The predicted octanol–water partition coefficient (Wildman–Crippen LogP) is 4.30. The van der Waals surface area contributed by atoms with E-state index in [0.717, 1.165) is 6.42 Å². The minimum atomic E-state index is -2.42. The van der Waals surface area contributed by atoms with Gasteiger partial charge in [-0.15, -0.1) is 0 Å². The van der Waals surface area contributed by atoms with E-state index in [9.17, 15) is 0 Å². The maximum atomic E-state index is 7.38. The Bertz CT molecular complexity index is 1160. The van der Waals surface area contributed by atoms with Crippen LogP contribution in [-0.4, -0.2) is 29.4 Å². The van der Waals surface area contributed by atoms with E-state index in [2.05, 4.69) is 115 Å². The van der Waals surface area contributed by atoms with E-state index in [4.69, 9.17) is 4.43 Å². The van der Waals surface area contributed by atoms with Gasteiger partial charge in [-0.25, -0.2) is 0 Å². The van der Waals surface area contributed by atoms with Crippen LogP contribution in [0.2, 0.25) is 10.9 Å². The van der Waals surface area contributed by atoms with Crippen molar-refractivity contribution in [3.8, 4) is 0 Å². The van der Waals surface area contributed by atoms with Gasteiger partial charge in [0.25, 0.3) is 0 Å². The molecule has 32 heavy (non-hydrogen) atoms. The quantitative estimate of drug-likeness (QED) is 0.374. The Kier molecular flexibility index (Phi) is 5.36. The van der Waals surface area contributed by atoms with Crippen molar-refractivity contribution in [3.63, 3.8) is 0 Å². The Morgan fingerprint density at radius 1 is 0.688 bits per heavy atom. The third kappa shape index (κ3) is 3.32. The summed E-state index contributed by atoms with van der Waals surface area (Å²) in [5.41, 5.74) is 3.55. The number of fused-ring (bicyclic) bond motifs is 3. The van der Waals surface area contributed by atoms with E-state index < -0.39 is 8.32 Å². The van der Waals surface area contributed by atoms with Crippen LogP contribution < -0.4 is 14.8 Å². The van der Waals surface area contributed by atoms with E-state index in [-0.39, 0.29) is 6.10 Å².